The molecule has 2 heterocycles. The molecule has 0 radical (unpaired) electrons. The van der Waals surface area contributed by atoms with E-state index < -0.39 is 0 Å². The second kappa shape index (κ2) is 7.57. The number of carbonyl (C=O) groups excluding carboxylic acids is 1. The summed E-state index contributed by atoms with van der Waals surface area (Å²) in [5.74, 6) is 1.95. The Morgan fingerprint density at radius 2 is 2.00 bits per heavy atom. The van der Waals surface area contributed by atoms with Gasteiger partial charge in [-0.2, -0.15) is 0 Å². The molecule has 6 heteroatoms. The molecule has 3 aromatic rings. The zero-order chi connectivity index (χ0) is 16.1. The van der Waals surface area contributed by atoms with Crippen LogP contribution in [0.25, 0.3) is 11.4 Å². The zero-order valence-electron chi connectivity index (χ0n) is 12.8. The van der Waals surface area contributed by atoms with Crippen molar-refractivity contribution >= 4 is 28.9 Å². The second-order valence-corrected chi connectivity index (χ2v) is 7.09. The number of hydrogen-bond donors (Lipinski definition) is 0. The van der Waals surface area contributed by atoms with Crippen molar-refractivity contribution in [3.63, 3.8) is 0 Å². The van der Waals surface area contributed by atoms with Crippen LogP contribution in [-0.4, -0.2) is 26.3 Å². The van der Waals surface area contributed by atoms with Crippen molar-refractivity contribution in [3.05, 3.63) is 52.7 Å². The van der Waals surface area contributed by atoms with Gasteiger partial charge in [0.1, 0.15) is 0 Å². The van der Waals surface area contributed by atoms with E-state index in [2.05, 4.69) is 10.2 Å². The maximum atomic E-state index is 11.9. The third-order valence-corrected chi connectivity index (χ3v) is 5.46. The Balaban J connectivity index is 1.53. The second-order valence-electron chi connectivity index (χ2n) is 5.08. The van der Waals surface area contributed by atoms with Gasteiger partial charge in [-0.1, -0.05) is 48.2 Å². The Hall–Kier alpha value is -1.92. The van der Waals surface area contributed by atoms with Crippen LogP contribution in [0.4, 0.5) is 0 Å². The number of hydrogen-bond acceptors (Lipinski definition) is 5. The average molecular weight is 343 g/mol. The summed E-state index contributed by atoms with van der Waals surface area (Å²) in [6, 6.07) is 13.8. The Labute approximate surface area is 143 Å². The molecule has 0 amide bonds. The topological polar surface area (TPSA) is 47.8 Å². The Morgan fingerprint density at radius 3 is 2.74 bits per heavy atom. The lowest BCUT2D eigenvalue weighted by Crippen LogP contribution is -1.98. The molecule has 0 atom stereocenters. The van der Waals surface area contributed by atoms with Gasteiger partial charge >= 0.3 is 0 Å². The van der Waals surface area contributed by atoms with E-state index >= 15 is 0 Å². The molecular weight excluding hydrogens is 326 g/mol. The summed E-state index contributed by atoms with van der Waals surface area (Å²) >= 11 is 3.15. The van der Waals surface area contributed by atoms with Crippen molar-refractivity contribution in [2.24, 2.45) is 7.05 Å². The minimum Gasteiger partial charge on any atom is -0.305 e. The van der Waals surface area contributed by atoms with Crippen LogP contribution in [-0.2, 0) is 7.05 Å². The van der Waals surface area contributed by atoms with Crippen molar-refractivity contribution in [2.45, 2.75) is 18.0 Å². The van der Waals surface area contributed by atoms with Crippen LogP contribution in [0.2, 0.25) is 0 Å². The van der Waals surface area contributed by atoms with Crippen LogP contribution in [0.3, 0.4) is 0 Å². The maximum absolute atomic E-state index is 11.9. The summed E-state index contributed by atoms with van der Waals surface area (Å²) in [7, 11) is 1.97. The number of thiophene rings is 1. The van der Waals surface area contributed by atoms with Crippen molar-refractivity contribution < 1.29 is 4.79 Å². The van der Waals surface area contributed by atoms with Gasteiger partial charge in [-0.25, -0.2) is 0 Å². The molecular formula is C17H17N3OS2. The fourth-order valence-corrected chi connectivity index (χ4v) is 3.78. The normalized spacial score (nSPS) is 10.8. The standard InChI is InChI=1S/C17H17N3OS2/c1-20-16(13-7-3-2-4-8-13)18-19-17(20)23-12-5-9-14(21)15-10-6-11-22-15/h2-4,6-8,10-11H,5,9,12H2,1H3. The van der Waals surface area contributed by atoms with Crippen LogP contribution in [0.15, 0.2) is 53.0 Å². The highest BCUT2D eigenvalue weighted by Gasteiger charge is 2.11. The van der Waals surface area contributed by atoms with Gasteiger partial charge in [0.15, 0.2) is 16.8 Å². The summed E-state index contributed by atoms with van der Waals surface area (Å²) in [5, 5.41) is 11.3. The first-order chi connectivity index (χ1) is 11.3. The Morgan fingerprint density at radius 1 is 1.17 bits per heavy atom. The van der Waals surface area contributed by atoms with E-state index in [1.165, 1.54) is 11.3 Å². The molecule has 0 N–H and O–H groups in total. The fourth-order valence-electron chi connectivity index (χ4n) is 2.24. The number of aromatic nitrogens is 3. The van der Waals surface area contributed by atoms with Gasteiger partial charge in [-0.3, -0.25) is 4.79 Å². The van der Waals surface area contributed by atoms with Crippen LogP contribution in [0.5, 0.6) is 0 Å². The van der Waals surface area contributed by atoms with E-state index in [1.807, 2.05) is 59.5 Å². The third-order valence-electron chi connectivity index (χ3n) is 3.44. The molecule has 0 aliphatic heterocycles. The summed E-state index contributed by atoms with van der Waals surface area (Å²) in [6.45, 7) is 0. The van der Waals surface area contributed by atoms with E-state index in [0.29, 0.717) is 6.42 Å². The highest BCUT2D eigenvalue weighted by molar-refractivity contribution is 7.99. The molecule has 0 aliphatic carbocycles. The number of rotatable bonds is 7. The molecule has 0 fully saturated rings. The van der Waals surface area contributed by atoms with Gasteiger partial charge in [-0.05, 0) is 17.9 Å². The zero-order valence-corrected chi connectivity index (χ0v) is 14.4. The number of ketones is 1. The van der Waals surface area contributed by atoms with Crippen LogP contribution < -0.4 is 0 Å². The van der Waals surface area contributed by atoms with E-state index in [4.69, 9.17) is 0 Å². The summed E-state index contributed by atoms with van der Waals surface area (Å²) in [6.07, 6.45) is 1.42. The van der Waals surface area contributed by atoms with Crippen molar-refractivity contribution in [3.8, 4) is 11.4 Å². The van der Waals surface area contributed by atoms with E-state index in [9.17, 15) is 4.79 Å². The molecule has 0 saturated heterocycles. The molecule has 0 saturated carbocycles. The van der Waals surface area contributed by atoms with E-state index in [-0.39, 0.29) is 5.78 Å². The summed E-state index contributed by atoms with van der Waals surface area (Å²) < 4.78 is 2.00. The Kier molecular flexibility index (Phi) is 5.25. The van der Waals surface area contributed by atoms with E-state index in [1.54, 1.807) is 11.8 Å². The van der Waals surface area contributed by atoms with Crippen LogP contribution in [0, 0.1) is 0 Å². The van der Waals surface area contributed by atoms with E-state index in [0.717, 1.165) is 33.6 Å². The van der Waals surface area contributed by atoms with Gasteiger partial charge in [0, 0.05) is 24.8 Å². The molecule has 1 aromatic carbocycles. The molecule has 23 heavy (non-hydrogen) atoms. The van der Waals surface area contributed by atoms with Crippen molar-refractivity contribution in [1.82, 2.24) is 14.8 Å². The predicted molar refractivity (Wildman–Crippen MR) is 95.0 cm³/mol. The minimum atomic E-state index is 0.225. The quantitative estimate of drug-likeness (QED) is 0.364. The molecule has 2 aromatic heterocycles. The van der Waals surface area contributed by atoms with Crippen molar-refractivity contribution in [2.75, 3.05) is 5.75 Å². The largest absolute Gasteiger partial charge is 0.305 e. The number of Topliss-reactive ketones (excluding diaryl/α,β-unsaturated/α-hetero) is 1. The van der Waals surface area contributed by atoms with Gasteiger partial charge in [0.05, 0.1) is 4.88 Å². The number of benzene rings is 1. The van der Waals surface area contributed by atoms with Gasteiger partial charge in [-0.15, -0.1) is 21.5 Å². The molecule has 118 valence electrons. The van der Waals surface area contributed by atoms with Gasteiger partial charge in [0.2, 0.25) is 0 Å². The van der Waals surface area contributed by atoms with Crippen molar-refractivity contribution in [1.29, 1.82) is 0 Å². The summed E-state index contributed by atoms with van der Waals surface area (Å²) in [4.78, 5) is 12.8. The number of nitrogens with zero attached hydrogens (tertiary/aromatic N) is 3. The number of thioether (sulfide) groups is 1. The van der Waals surface area contributed by atoms with Crippen LogP contribution in [0.1, 0.15) is 22.5 Å². The minimum absolute atomic E-state index is 0.225. The lowest BCUT2D eigenvalue weighted by molar-refractivity contribution is 0.0986. The van der Waals surface area contributed by atoms with Gasteiger partial charge in [0.25, 0.3) is 0 Å². The lowest BCUT2D eigenvalue weighted by Gasteiger charge is -2.03. The highest BCUT2D eigenvalue weighted by Crippen LogP contribution is 2.23. The monoisotopic (exact) mass is 343 g/mol. The maximum Gasteiger partial charge on any atom is 0.191 e. The smallest absolute Gasteiger partial charge is 0.191 e. The number of carbonyl (C=O) groups is 1. The molecule has 3 rings (SSSR count). The SMILES string of the molecule is Cn1c(SCCCC(=O)c2cccs2)nnc1-c1ccccc1. The predicted octanol–water partition coefficient (Wildman–Crippen LogP) is 4.30. The van der Waals surface area contributed by atoms with Gasteiger partial charge < -0.3 is 4.57 Å². The third kappa shape index (κ3) is 3.89. The lowest BCUT2D eigenvalue weighted by atomic mass is 10.2. The first kappa shape index (κ1) is 16.0. The first-order valence-electron chi connectivity index (χ1n) is 7.40. The average Bonchev–Trinajstić information content (AvgIpc) is 3.23. The highest BCUT2D eigenvalue weighted by atomic mass is 32.2. The molecule has 0 bridgehead atoms. The first-order valence-corrected chi connectivity index (χ1v) is 9.26. The summed E-state index contributed by atoms with van der Waals surface area (Å²) in [5.41, 5.74) is 1.06. The molecule has 0 aliphatic rings. The molecule has 4 nitrogen and oxygen atoms in total. The Bertz CT molecular complexity index is 767. The molecule has 0 unspecified atom stereocenters. The molecule has 0 spiro atoms. The van der Waals surface area contributed by atoms with Crippen LogP contribution >= 0.6 is 23.1 Å². The fraction of sp³-hybridized carbons (Fsp3) is 0.235.